The Morgan fingerprint density at radius 3 is 2.54 bits per heavy atom. The van der Waals surface area contributed by atoms with Gasteiger partial charge in [0.2, 0.25) is 5.91 Å². The Morgan fingerprint density at radius 2 is 1.87 bits per heavy atom. The Balaban J connectivity index is 1.65. The molecule has 2 aromatic heterocycles. The molecule has 3 heterocycles. The van der Waals surface area contributed by atoms with Crippen LogP contribution in [0.15, 0.2) is 48.0 Å². The van der Waals surface area contributed by atoms with Crippen molar-refractivity contribution in [3.05, 3.63) is 76.3 Å². The summed E-state index contributed by atoms with van der Waals surface area (Å²) in [5.74, 6) is -0.480. The molecule has 0 radical (unpaired) electrons. The van der Waals surface area contributed by atoms with Crippen molar-refractivity contribution in [3.63, 3.8) is 0 Å². The number of fused-ring (bicyclic) bond motifs is 1. The van der Waals surface area contributed by atoms with Crippen LogP contribution >= 0.6 is 0 Å². The van der Waals surface area contributed by atoms with Gasteiger partial charge >= 0.3 is 0 Å². The van der Waals surface area contributed by atoms with Crippen molar-refractivity contribution < 1.29 is 18.0 Å². The molecule has 1 amide bonds. The molecule has 10 heteroatoms. The number of aromatic nitrogens is 2. The highest BCUT2D eigenvalue weighted by Gasteiger charge is 2.25. The highest BCUT2D eigenvalue weighted by atomic mass is 32.2. The number of pyridine rings is 1. The Morgan fingerprint density at radius 1 is 1.15 bits per heavy atom. The third kappa shape index (κ3) is 6.80. The fraction of sp³-hybridized carbons (Fsp3) is 0.379. The number of likely N-dealkylation sites (tertiary alicyclic amines) is 1. The molecule has 0 atom stereocenters. The lowest BCUT2D eigenvalue weighted by atomic mass is 10.1. The van der Waals surface area contributed by atoms with Crippen LogP contribution in [0.25, 0.3) is 21.6 Å². The van der Waals surface area contributed by atoms with E-state index in [-0.39, 0.29) is 30.4 Å². The number of sulfone groups is 1. The van der Waals surface area contributed by atoms with Gasteiger partial charge in [0.05, 0.1) is 41.9 Å². The average Bonchev–Trinajstić information content (AvgIpc) is 3.20. The number of benzene rings is 1. The molecule has 1 aliphatic heterocycles. The predicted octanol–water partition coefficient (Wildman–Crippen LogP) is 4.16. The molecular weight excluding hydrogens is 514 g/mol. The average molecular weight is 548 g/mol. The van der Waals surface area contributed by atoms with Crippen molar-refractivity contribution >= 4 is 38.2 Å². The molecule has 0 unspecified atom stereocenters. The van der Waals surface area contributed by atoms with Crippen molar-refractivity contribution in [2.45, 2.75) is 39.5 Å². The van der Waals surface area contributed by atoms with Crippen molar-refractivity contribution in [1.82, 2.24) is 19.8 Å². The van der Waals surface area contributed by atoms with Gasteiger partial charge in [0, 0.05) is 29.5 Å². The zero-order chi connectivity index (χ0) is 28.0. The molecular formula is C29H33N5O4S. The molecule has 0 saturated carbocycles. The van der Waals surface area contributed by atoms with E-state index in [2.05, 4.69) is 20.0 Å². The Kier molecular flexibility index (Phi) is 8.94. The van der Waals surface area contributed by atoms with Crippen LogP contribution in [0.3, 0.4) is 0 Å². The second-order valence-corrected chi connectivity index (χ2v) is 11.8. The van der Waals surface area contributed by atoms with Gasteiger partial charge in [-0.25, -0.2) is 13.3 Å². The normalized spacial score (nSPS) is 14.5. The predicted molar refractivity (Wildman–Crippen MR) is 152 cm³/mol. The van der Waals surface area contributed by atoms with E-state index in [4.69, 9.17) is 6.57 Å². The highest BCUT2D eigenvalue weighted by molar-refractivity contribution is 7.94. The van der Waals surface area contributed by atoms with Gasteiger partial charge in [-0.1, -0.05) is 24.6 Å². The number of carbonyl (C=O) groups is 2. The first-order chi connectivity index (χ1) is 18.7. The molecule has 3 aromatic rings. The number of allylic oxidation sites excluding steroid dienone is 1. The Bertz CT molecular complexity index is 1540. The van der Waals surface area contributed by atoms with Crippen LogP contribution in [-0.4, -0.2) is 66.5 Å². The standard InChI is InChI=1S/C29H33N5O4S/c1-4-15-39(37,38)16-12-31-27(36)18-22-17-25-29(32-19-22)28(26(35)20-33-13-6-5-7-14-33)21(2)34(25)24-10-8-23(30-3)9-11-24/h4,8-11,15,17,19H,5-7,12-14,16,18,20H2,1-2H3,(H,31,36)/b15-4+. The molecule has 0 bridgehead atoms. The maximum absolute atomic E-state index is 13.5. The van der Waals surface area contributed by atoms with Crippen LogP contribution < -0.4 is 5.32 Å². The largest absolute Gasteiger partial charge is 0.355 e. The smallest absolute Gasteiger partial charge is 0.224 e. The van der Waals surface area contributed by atoms with Crippen molar-refractivity contribution in [2.75, 3.05) is 31.9 Å². The first kappa shape index (κ1) is 28.2. The SMILES string of the molecule is [C-]#[N+]c1ccc(-n2c(C)c(C(=O)CN3CCCCC3)c3ncc(CC(=O)NCCS(=O)(=O)/C=C/C)cc32)cc1. The molecule has 9 nitrogen and oxygen atoms in total. The van der Waals surface area contributed by atoms with E-state index < -0.39 is 9.84 Å². The van der Waals surface area contributed by atoms with Crippen LogP contribution in [0.1, 0.15) is 47.8 Å². The maximum atomic E-state index is 13.5. The quantitative estimate of drug-likeness (QED) is 0.302. The molecule has 1 fully saturated rings. The van der Waals surface area contributed by atoms with Gasteiger partial charge in [-0.2, -0.15) is 0 Å². The zero-order valence-electron chi connectivity index (χ0n) is 22.3. The van der Waals surface area contributed by atoms with Gasteiger partial charge in [-0.15, -0.1) is 0 Å². The van der Waals surface area contributed by atoms with Crippen LogP contribution in [0.4, 0.5) is 5.69 Å². The second kappa shape index (κ2) is 12.4. The lowest BCUT2D eigenvalue weighted by Crippen LogP contribution is -2.34. The third-order valence-corrected chi connectivity index (χ3v) is 8.31. The lowest BCUT2D eigenvalue weighted by molar-refractivity contribution is -0.120. The van der Waals surface area contributed by atoms with E-state index in [9.17, 15) is 18.0 Å². The van der Waals surface area contributed by atoms with Gasteiger partial charge < -0.3 is 9.88 Å². The molecule has 1 saturated heterocycles. The van der Waals surface area contributed by atoms with E-state index in [1.165, 1.54) is 12.5 Å². The summed E-state index contributed by atoms with van der Waals surface area (Å²) in [5.41, 5.74) is 4.54. The number of rotatable bonds is 10. The number of hydrogen-bond acceptors (Lipinski definition) is 6. The van der Waals surface area contributed by atoms with Gasteiger partial charge in [0.25, 0.3) is 0 Å². The number of ketones is 1. The van der Waals surface area contributed by atoms with Gasteiger partial charge in [-0.05, 0) is 63.5 Å². The van der Waals surface area contributed by atoms with Crippen LogP contribution in [0, 0.1) is 13.5 Å². The summed E-state index contributed by atoms with van der Waals surface area (Å²) in [7, 11) is -3.36. The minimum Gasteiger partial charge on any atom is -0.355 e. The molecule has 39 heavy (non-hydrogen) atoms. The van der Waals surface area contributed by atoms with E-state index in [1.807, 2.05) is 29.7 Å². The van der Waals surface area contributed by atoms with Crippen molar-refractivity contribution in [3.8, 4) is 5.69 Å². The minimum absolute atomic E-state index is 0.0104. The molecule has 0 aliphatic carbocycles. The van der Waals surface area contributed by atoms with Gasteiger partial charge in [0.15, 0.2) is 21.3 Å². The summed E-state index contributed by atoms with van der Waals surface area (Å²) in [6.45, 7) is 12.9. The monoisotopic (exact) mass is 547 g/mol. The number of Topliss-reactive ketones (excluding diaryl/α,β-unsaturated/α-hetero) is 1. The Labute approximate surface area is 229 Å². The molecule has 0 spiro atoms. The summed E-state index contributed by atoms with van der Waals surface area (Å²) in [6.07, 6.45) is 6.44. The van der Waals surface area contributed by atoms with Crippen molar-refractivity contribution in [2.24, 2.45) is 0 Å². The van der Waals surface area contributed by atoms with E-state index in [0.29, 0.717) is 34.4 Å². The van der Waals surface area contributed by atoms with Crippen LogP contribution in [-0.2, 0) is 21.1 Å². The molecule has 1 N–H and O–H groups in total. The number of piperidine rings is 1. The molecule has 1 aromatic carbocycles. The van der Waals surface area contributed by atoms with E-state index in [0.717, 1.165) is 42.7 Å². The summed E-state index contributed by atoms with van der Waals surface area (Å²) in [4.78, 5) is 36.4. The summed E-state index contributed by atoms with van der Waals surface area (Å²) in [5, 5.41) is 3.79. The third-order valence-electron chi connectivity index (χ3n) is 6.85. The van der Waals surface area contributed by atoms with Gasteiger partial charge in [-0.3, -0.25) is 19.5 Å². The topological polar surface area (TPSA) is 106 Å². The number of hydrogen-bond donors (Lipinski definition) is 1. The second-order valence-electron chi connectivity index (χ2n) is 9.76. The van der Waals surface area contributed by atoms with E-state index in [1.54, 1.807) is 25.3 Å². The van der Waals surface area contributed by atoms with Crippen LogP contribution in [0.5, 0.6) is 0 Å². The summed E-state index contributed by atoms with van der Waals surface area (Å²) in [6, 6.07) is 8.99. The molecule has 204 valence electrons. The summed E-state index contributed by atoms with van der Waals surface area (Å²) >= 11 is 0. The fourth-order valence-corrected chi connectivity index (χ4v) is 5.95. The van der Waals surface area contributed by atoms with Gasteiger partial charge in [0.1, 0.15) is 0 Å². The first-order valence-electron chi connectivity index (χ1n) is 13.1. The fourth-order valence-electron chi connectivity index (χ4n) is 5.02. The summed E-state index contributed by atoms with van der Waals surface area (Å²) < 4.78 is 25.6. The molecule has 1 aliphatic rings. The van der Waals surface area contributed by atoms with Crippen LogP contribution in [0.2, 0.25) is 0 Å². The number of nitrogens with zero attached hydrogens (tertiary/aromatic N) is 4. The minimum atomic E-state index is -3.36. The molecule has 4 rings (SSSR count). The van der Waals surface area contributed by atoms with Crippen molar-refractivity contribution in [1.29, 1.82) is 0 Å². The first-order valence-corrected chi connectivity index (χ1v) is 14.8. The number of amides is 1. The number of nitrogens with one attached hydrogen (secondary N) is 1. The zero-order valence-corrected chi connectivity index (χ0v) is 23.1. The highest BCUT2D eigenvalue weighted by Crippen LogP contribution is 2.30. The maximum Gasteiger partial charge on any atom is 0.224 e. The number of carbonyl (C=O) groups excluding carboxylic acids is 2. The van der Waals surface area contributed by atoms with E-state index >= 15 is 0 Å². The Hall–Kier alpha value is -3.81. The lowest BCUT2D eigenvalue weighted by Gasteiger charge is -2.25.